The molecule has 0 aliphatic heterocycles. The molecule has 0 aromatic heterocycles. The van der Waals surface area contributed by atoms with Crippen molar-refractivity contribution in [1.29, 1.82) is 0 Å². The van der Waals surface area contributed by atoms with Crippen molar-refractivity contribution in [2.45, 2.75) is 41.5 Å². The molecule has 0 heteroatoms. The zero-order valence-corrected chi connectivity index (χ0v) is 11.5. The van der Waals surface area contributed by atoms with Crippen LogP contribution in [0.5, 0.6) is 0 Å². The van der Waals surface area contributed by atoms with Crippen LogP contribution < -0.4 is 0 Å². The highest BCUT2D eigenvalue weighted by Gasteiger charge is 2.09. The van der Waals surface area contributed by atoms with Crippen LogP contribution in [0.3, 0.4) is 0 Å². The maximum absolute atomic E-state index is 3.57. The molecule has 0 spiro atoms. The summed E-state index contributed by atoms with van der Waals surface area (Å²) in [5.41, 5.74) is 7.63. The van der Waals surface area contributed by atoms with Gasteiger partial charge < -0.3 is 0 Å². The molecule has 0 atom stereocenters. The van der Waals surface area contributed by atoms with Crippen LogP contribution in [0.25, 0.3) is 0 Å². The van der Waals surface area contributed by atoms with Crippen molar-refractivity contribution in [3.05, 3.63) is 40.7 Å². The van der Waals surface area contributed by atoms with Crippen molar-refractivity contribution in [2.75, 3.05) is 0 Å². The van der Waals surface area contributed by atoms with Gasteiger partial charge in [0, 0.05) is 0 Å². The van der Waals surface area contributed by atoms with Crippen molar-refractivity contribution in [2.24, 2.45) is 17.8 Å². The van der Waals surface area contributed by atoms with Crippen LogP contribution in [0.4, 0.5) is 0 Å². The van der Waals surface area contributed by atoms with E-state index in [4.69, 9.17) is 0 Å². The van der Waals surface area contributed by atoms with E-state index in [0.717, 1.165) is 0 Å². The minimum absolute atomic E-state index is 0.544. The Balaban J connectivity index is 3.21. The Kier molecular flexibility index (Phi) is 4.38. The molecule has 1 rings (SSSR count). The first-order valence-electron chi connectivity index (χ1n) is 6.32. The summed E-state index contributed by atoms with van der Waals surface area (Å²) in [4.78, 5) is 0. The van der Waals surface area contributed by atoms with Crippen LogP contribution in [0.15, 0.2) is 40.7 Å². The van der Waals surface area contributed by atoms with Gasteiger partial charge in [-0.3, -0.25) is 0 Å². The van der Waals surface area contributed by atoms with Gasteiger partial charge in [0.2, 0.25) is 0 Å². The molecular formula is C16H24. The number of allylic oxidation sites excluding steroid dienone is 5. The highest BCUT2D eigenvalue weighted by Crippen LogP contribution is 2.24. The van der Waals surface area contributed by atoms with Gasteiger partial charge in [-0.2, -0.15) is 0 Å². The molecule has 0 saturated heterocycles. The first kappa shape index (κ1) is 13.1. The summed E-state index contributed by atoms with van der Waals surface area (Å²) >= 11 is 0. The molecule has 0 bridgehead atoms. The molecule has 0 aromatic rings. The molecule has 0 nitrogen and oxygen atoms in total. The lowest BCUT2D eigenvalue weighted by Crippen LogP contribution is -1.94. The van der Waals surface area contributed by atoms with Crippen LogP contribution in [0.2, 0.25) is 0 Å². The molecule has 88 valence electrons. The van der Waals surface area contributed by atoms with Gasteiger partial charge in [0.25, 0.3) is 0 Å². The highest BCUT2D eigenvalue weighted by molar-refractivity contribution is 5.40. The summed E-state index contributed by atoms with van der Waals surface area (Å²) in [6.07, 6.45) is 6.79. The minimum Gasteiger partial charge on any atom is -0.113 e. The van der Waals surface area contributed by atoms with Crippen molar-refractivity contribution < 1.29 is 0 Å². The molecule has 0 amide bonds. The van der Waals surface area contributed by atoms with Crippen molar-refractivity contribution in [3.8, 4) is 0 Å². The number of hydrogen-bond acceptors (Lipinski definition) is 0. The highest BCUT2D eigenvalue weighted by atomic mass is 14.1. The Labute approximate surface area is 100 Å². The van der Waals surface area contributed by atoms with Gasteiger partial charge in [-0.25, -0.2) is 0 Å². The molecule has 0 saturated carbocycles. The van der Waals surface area contributed by atoms with Crippen LogP contribution in [-0.4, -0.2) is 0 Å². The predicted octanol–water partition coefficient (Wildman–Crippen LogP) is 4.90. The Hall–Kier alpha value is -1.00. The third-order valence-corrected chi connectivity index (χ3v) is 2.98. The monoisotopic (exact) mass is 216 g/mol. The van der Waals surface area contributed by atoms with Crippen LogP contribution in [0.1, 0.15) is 41.5 Å². The van der Waals surface area contributed by atoms with E-state index in [9.17, 15) is 0 Å². The fourth-order valence-electron chi connectivity index (χ4n) is 1.67. The summed E-state index contributed by atoms with van der Waals surface area (Å²) < 4.78 is 0. The summed E-state index contributed by atoms with van der Waals surface area (Å²) in [7, 11) is 0. The van der Waals surface area contributed by atoms with Gasteiger partial charge in [0.05, 0.1) is 0 Å². The second kappa shape index (κ2) is 5.37. The Morgan fingerprint density at radius 1 is 0.750 bits per heavy atom. The third kappa shape index (κ3) is 3.25. The van der Waals surface area contributed by atoms with E-state index in [1.807, 2.05) is 0 Å². The van der Waals surface area contributed by atoms with Crippen LogP contribution in [-0.2, 0) is 0 Å². The van der Waals surface area contributed by atoms with Gasteiger partial charge in [0.1, 0.15) is 0 Å². The lowest BCUT2D eigenvalue weighted by Gasteiger charge is -2.08. The second-order valence-electron chi connectivity index (χ2n) is 5.48. The Morgan fingerprint density at radius 3 is 1.75 bits per heavy atom. The molecule has 1 aliphatic carbocycles. The van der Waals surface area contributed by atoms with Crippen molar-refractivity contribution in [3.63, 3.8) is 0 Å². The minimum atomic E-state index is 0.544. The SMILES string of the molecule is CC(C)C1=C=C(C(C)C)C=C(C(C)C)C=C1. The fourth-order valence-corrected chi connectivity index (χ4v) is 1.67. The molecule has 1 aliphatic rings. The van der Waals surface area contributed by atoms with E-state index in [1.165, 1.54) is 16.7 Å². The molecule has 0 N–H and O–H groups in total. The molecule has 0 heterocycles. The molecule has 0 aromatic carbocycles. The van der Waals surface area contributed by atoms with E-state index in [1.54, 1.807) is 0 Å². The number of rotatable bonds is 3. The summed E-state index contributed by atoms with van der Waals surface area (Å²) in [5, 5.41) is 0. The summed E-state index contributed by atoms with van der Waals surface area (Å²) in [6, 6.07) is 0. The van der Waals surface area contributed by atoms with Gasteiger partial charge in [-0.15, -0.1) is 5.73 Å². The average Bonchev–Trinajstić information content (AvgIpc) is 2.39. The first-order valence-corrected chi connectivity index (χ1v) is 6.32. The van der Waals surface area contributed by atoms with Crippen molar-refractivity contribution >= 4 is 0 Å². The van der Waals surface area contributed by atoms with E-state index < -0.39 is 0 Å². The molecule has 0 unspecified atom stereocenters. The van der Waals surface area contributed by atoms with Gasteiger partial charge in [-0.05, 0) is 40.5 Å². The normalized spacial score (nSPS) is 16.4. The summed E-state index contributed by atoms with van der Waals surface area (Å²) in [6.45, 7) is 13.4. The summed E-state index contributed by atoms with van der Waals surface area (Å²) in [5.74, 6) is 1.67. The maximum atomic E-state index is 3.57. The van der Waals surface area contributed by atoms with Crippen LogP contribution in [0, 0.1) is 17.8 Å². The average molecular weight is 216 g/mol. The lowest BCUT2D eigenvalue weighted by molar-refractivity contribution is 0.764. The Morgan fingerprint density at radius 2 is 1.31 bits per heavy atom. The zero-order valence-electron chi connectivity index (χ0n) is 11.5. The molecular weight excluding hydrogens is 192 g/mol. The molecule has 0 fully saturated rings. The predicted molar refractivity (Wildman–Crippen MR) is 72.3 cm³/mol. The number of hydrogen-bond donors (Lipinski definition) is 0. The largest absolute Gasteiger partial charge is 0.113 e. The van der Waals surface area contributed by atoms with E-state index in [0.29, 0.717) is 17.8 Å². The van der Waals surface area contributed by atoms with E-state index in [-0.39, 0.29) is 0 Å². The topological polar surface area (TPSA) is 0 Å². The lowest BCUT2D eigenvalue weighted by atomic mass is 9.96. The quantitative estimate of drug-likeness (QED) is 0.588. The first-order chi connectivity index (χ1) is 7.41. The van der Waals surface area contributed by atoms with E-state index in [2.05, 4.69) is 65.5 Å². The van der Waals surface area contributed by atoms with Gasteiger partial charge in [-0.1, -0.05) is 53.7 Å². The Bertz CT molecular complexity index is 367. The zero-order chi connectivity index (χ0) is 12.3. The van der Waals surface area contributed by atoms with Gasteiger partial charge >= 0.3 is 0 Å². The molecule has 0 radical (unpaired) electrons. The van der Waals surface area contributed by atoms with E-state index >= 15 is 0 Å². The fraction of sp³-hybridized carbons (Fsp3) is 0.562. The maximum Gasteiger partial charge on any atom is -0.00290 e. The van der Waals surface area contributed by atoms with Gasteiger partial charge in [0.15, 0.2) is 0 Å². The smallest absolute Gasteiger partial charge is 0.00290 e. The third-order valence-electron chi connectivity index (χ3n) is 2.98. The standard InChI is InChI=1S/C16H24/c1-11(2)14-7-8-15(12(3)4)10-16(9-14)13(5)6/h7-9,11-13H,1-6H3. The molecule has 16 heavy (non-hydrogen) atoms. The van der Waals surface area contributed by atoms with Crippen molar-refractivity contribution in [1.82, 2.24) is 0 Å². The van der Waals surface area contributed by atoms with Crippen LogP contribution >= 0.6 is 0 Å². The second-order valence-corrected chi connectivity index (χ2v) is 5.48.